The van der Waals surface area contributed by atoms with Crippen LogP contribution in [0.3, 0.4) is 0 Å². The molecule has 0 saturated heterocycles. The molecule has 0 aliphatic rings. The number of non-ortho nitro benzene ring substituents is 1. The summed E-state index contributed by atoms with van der Waals surface area (Å²) < 4.78 is 5.38. The second-order valence-electron chi connectivity index (χ2n) is 3.18. The van der Waals surface area contributed by atoms with Crippen LogP contribution in [-0.2, 0) is 0 Å². The highest BCUT2D eigenvalue weighted by Gasteiger charge is 2.09. The molecule has 0 atom stereocenters. The molecule has 8 heteroatoms. The lowest BCUT2D eigenvalue weighted by Gasteiger charge is -2.06. The zero-order valence-electron chi connectivity index (χ0n) is 8.71. The molecule has 1 heterocycles. The van der Waals surface area contributed by atoms with E-state index in [0.717, 1.165) is 0 Å². The van der Waals surface area contributed by atoms with E-state index >= 15 is 0 Å². The number of aromatic nitrogens is 2. The number of nitrogens with zero attached hydrogens (tertiary/aromatic N) is 3. The Balaban J connectivity index is 2.23. The van der Waals surface area contributed by atoms with E-state index in [1.165, 1.54) is 30.3 Å². The fraction of sp³-hybridized carbons (Fsp3) is 0. The van der Waals surface area contributed by atoms with Gasteiger partial charge in [-0.05, 0) is 12.1 Å². The summed E-state index contributed by atoms with van der Waals surface area (Å²) in [6.45, 7) is 0. The van der Waals surface area contributed by atoms with Crippen molar-refractivity contribution in [2.24, 2.45) is 0 Å². The van der Waals surface area contributed by atoms with E-state index in [2.05, 4.69) is 10.2 Å². The lowest BCUT2D eigenvalue weighted by Crippen LogP contribution is -1.91. The molecule has 1 aromatic heterocycles. The molecular weight excluding hydrogens is 281 g/mol. The van der Waals surface area contributed by atoms with Crippen LogP contribution in [0.2, 0.25) is 10.3 Å². The molecule has 92 valence electrons. The van der Waals surface area contributed by atoms with Crippen LogP contribution in [0.15, 0.2) is 30.3 Å². The Morgan fingerprint density at radius 1 is 1.17 bits per heavy atom. The Kier molecular flexibility index (Phi) is 3.59. The number of rotatable bonds is 3. The number of halogens is 2. The second kappa shape index (κ2) is 5.16. The van der Waals surface area contributed by atoms with Gasteiger partial charge in [0.15, 0.2) is 16.1 Å². The van der Waals surface area contributed by atoms with Crippen molar-refractivity contribution in [1.82, 2.24) is 10.2 Å². The molecule has 0 aliphatic carbocycles. The smallest absolute Gasteiger partial charge is 0.269 e. The van der Waals surface area contributed by atoms with E-state index in [0.29, 0.717) is 5.75 Å². The SMILES string of the molecule is O=[N+]([O-])c1ccc(Oc2cc(Cl)nnc2Cl)cc1. The lowest BCUT2D eigenvalue weighted by molar-refractivity contribution is -0.384. The van der Waals surface area contributed by atoms with Crippen LogP contribution in [0, 0.1) is 10.1 Å². The van der Waals surface area contributed by atoms with Crippen LogP contribution in [-0.4, -0.2) is 15.1 Å². The summed E-state index contributed by atoms with van der Waals surface area (Å²) in [5.41, 5.74) is -0.0284. The first-order valence-corrected chi connectivity index (χ1v) is 5.43. The summed E-state index contributed by atoms with van der Waals surface area (Å²) in [4.78, 5) is 9.98. The van der Waals surface area contributed by atoms with Crippen molar-refractivity contribution < 1.29 is 9.66 Å². The maximum atomic E-state index is 10.5. The molecule has 1 aromatic carbocycles. The van der Waals surface area contributed by atoms with Gasteiger partial charge in [-0.2, -0.15) is 0 Å². The van der Waals surface area contributed by atoms with Gasteiger partial charge in [0.2, 0.25) is 0 Å². The molecule has 0 amide bonds. The van der Waals surface area contributed by atoms with E-state index in [1.807, 2.05) is 0 Å². The summed E-state index contributed by atoms with van der Waals surface area (Å²) in [5, 5.41) is 17.8. The minimum absolute atomic E-state index is 0.0284. The molecule has 0 aliphatic heterocycles. The first-order chi connectivity index (χ1) is 8.56. The van der Waals surface area contributed by atoms with Crippen molar-refractivity contribution in [3.63, 3.8) is 0 Å². The average molecular weight is 286 g/mol. The van der Waals surface area contributed by atoms with E-state index in [-0.39, 0.29) is 21.7 Å². The summed E-state index contributed by atoms with van der Waals surface area (Å²) >= 11 is 11.4. The van der Waals surface area contributed by atoms with Crippen molar-refractivity contribution in [2.45, 2.75) is 0 Å². The standard InChI is InChI=1S/C10H5Cl2N3O3/c11-9-5-8(10(12)14-13-9)18-7-3-1-6(2-4-7)15(16)17/h1-5H. The Labute approximate surface area is 111 Å². The monoisotopic (exact) mass is 285 g/mol. The van der Waals surface area contributed by atoms with Gasteiger partial charge < -0.3 is 4.74 Å². The predicted octanol–water partition coefficient (Wildman–Crippen LogP) is 3.48. The Bertz CT molecular complexity index is 589. The van der Waals surface area contributed by atoms with Gasteiger partial charge in [-0.25, -0.2) is 0 Å². The van der Waals surface area contributed by atoms with E-state index in [4.69, 9.17) is 27.9 Å². The van der Waals surface area contributed by atoms with Gasteiger partial charge in [0.1, 0.15) is 5.75 Å². The molecular formula is C10H5Cl2N3O3. The molecule has 0 unspecified atom stereocenters. The van der Waals surface area contributed by atoms with Crippen molar-refractivity contribution in [3.05, 3.63) is 50.8 Å². The third-order valence-electron chi connectivity index (χ3n) is 1.96. The van der Waals surface area contributed by atoms with E-state index in [1.54, 1.807) is 0 Å². The van der Waals surface area contributed by atoms with Crippen molar-refractivity contribution in [1.29, 1.82) is 0 Å². The Morgan fingerprint density at radius 3 is 2.44 bits per heavy atom. The largest absolute Gasteiger partial charge is 0.454 e. The molecule has 0 bridgehead atoms. The summed E-state index contributed by atoms with van der Waals surface area (Å²) in [5.74, 6) is 0.608. The molecule has 0 spiro atoms. The van der Waals surface area contributed by atoms with Gasteiger partial charge in [-0.15, -0.1) is 10.2 Å². The van der Waals surface area contributed by atoms with Crippen LogP contribution < -0.4 is 4.74 Å². The average Bonchev–Trinajstić information content (AvgIpc) is 2.34. The highest BCUT2D eigenvalue weighted by molar-refractivity contribution is 6.32. The molecule has 0 fully saturated rings. The Hall–Kier alpha value is -1.92. The van der Waals surface area contributed by atoms with Crippen LogP contribution >= 0.6 is 23.2 Å². The van der Waals surface area contributed by atoms with Crippen LogP contribution in [0.5, 0.6) is 11.5 Å². The number of benzene rings is 1. The molecule has 0 saturated carbocycles. The highest BCUT2D eigenvalue weighted by atomic mass is 35.5. The Morgan fingerprint density at radius 2 is 1.83 bits per heavy atom. The number of nitro groups is 1. The molecule has 2 aromatic rings. The maximum absolute atomic E-state index is 10.5. The van der Waals surface area contributed by atoms with Crippen molar-refractivity contribution in [3.8, 4) is 11.5 Å². The topological polar surface area (TPSA) is 78.2 Å². The highest BCUT2D eigenvalue weighted by Crippen LogP contribution is 2.29. The van der Waals surface area contributed by atoms with Gasteiger partial charge in [-0.3, -0.25) is 10.1 Å². The van der Waals surface area contributed by atoms with Crippen LogP contribution in [0.1, 0.15) is 0 Å². The predicted molar refractivity (Wildman–Crippen MR) is 65.2 cm³/mol. The van der Waals surface area contributed by atoms with Crippen LogP contribution in [0.25, 0.3) is 0 Å². The fourth-order valence-electron chi connectivity index (χ4n) is 1.17. The summed E-state index contributed by atoms with van der Waals surface area (Å²) in [6.07, 6.45) is 0. The van der Waals surface area contributed by atoms with Crippen molar-refractivity contribution in [2.75, 3.05) is 0 Å². The number of hydrogen-bond donors (Lipinski definition) is 0. The van der Waals surface area contributed by atoms with Crippen molar-refractivity contribution >= 4 is 28.9 Å². The van der Waals surface area contributed by atoms with E-state index < -0.39 is 4.92 Å². The first kappa shape index (κ1) is 12.5. The molecule has 2 rings (SSSR count). The van der Waals surface area contributed by atoms with Gasteiger partial charge >= 0.3 is 0 Å². The maximum Gasteiger partial charge on any atom is 0.269 e. The van der Waals surface area contributed by atoms with Gasteiger partial charge in [0.25, 0.3) is 5.69 Å². The lowest BCUT2D eigenvalue weighted by atomic mass is 10.3. The second-order valence-corrected chi connectivity index (χ2v) is 3.92. The van der Waals surface area contributed by atoms with Gasteiger partial charge in [-0.1, -0.05) is 23.2 Å². The van der Waals surface area contributed by atoms with Crippen LogP contribution in [0.4, 0.5) is 5.69 Å². The van der Waals surface area contributed by atoms with Gasteiger partial charge in [0, 0.05) is 18.2 Å². The zero-order valence-corrected chi connectivity index (χ0v) is 10.2. The molecule has 0 N–H and O–H groups in total. The third-order valence-corrected chi connectivity index (χ3v) is 2.41. The third kappa shape index (κ3) is 2.85. The quantitative estimate of drug-likeness (QED) is 0.637. The van der Waals surface area contributed by atoms with E-state index in [9.17, 15) is 10.1 Å². The fourth-order valence-corrected chi connectivity index (χ4v) is 1.44. The summed E-state index contributed by atoms with van der Waals surface area (Å²) in [7, 11) is 0. The first-order valence-electron chi connectivity index (χ1n) is 4.67. The molecule has 0 radical (unpaired) electrons. The molecule has 18 heavy (non-hydrogen) atoms. The number of ether oxygens (including phenoxy) is 1. The zero-order chi connectivity index (χ0) is 13.1. The van der Waals surface area contributed by atoms with Gasteiger partial charge in [0.05, 0.1) is 4.92 Å². The minimum Gasteiger partial charge on any atom is -0.454 e. The minimum atomic E-state index is -0.498. The number of nitro benzene ring substituents is 1. The normalized spacial score (nSPS) is 10.1. The summed E-state index contributed by atoms with van der Waals surface area (Å²) in [6, 6.07) is 6.93. The number of hydrogen-bond acceptors (Lipinski definition) is 5. The molecule has 6 nitrogen and oxygen atoms in total.